The van der Waals surface area contributed by atoms with Crippen molar-refractivity contribution in [1.29, 1.82) is 0 Å². The van der Waals surface area contributed by atoms with Crippen LogP contribution in [0.4, 0.5) is 4.39 Å². The van der Waals surface area contributed by atoms with E-state index in [9.17, 15) is 17.9 Å². The first kappa shape index (κ1) is 16.4. The van der Waals surface area contributed by atoms with Crippen LogP contribution in [-0.4, -0.2) is 30.4 Å². The van der Waals surface area contributed by atoms with Gasteiger partial charge in [0.25, 0.3) is 0 Å². The van der Waals surface area contributed by atoms with E-state index < -0.39 is 22.4 Å². The SMILES string of the molecule is CCC1CCCCCN1S(=O)(=O)c1cc(F)ccc1CO. The Bertz CT molecular complexity index is 589. The highest BCUT2D eigenvalue weighted by molar-refractivity contribution is 7.89. The normalized spacial score (nSPS) is 21.2. The molecule has 1 saturated heterocycles. The van der Waals surface area contributed by atoms with Gasteiger partial charge in [-0.3, -0.25) is 0 Å². The first-order valence-corrected chi connectivity index (χ1v) is 8.85. The van der Waals surface area contributed by atoms with Crippen molar-refractivity contribution in [2.45, 2.75) is 56.6 Å². The molecular weight excluding hydrogens is 293 g/mol. The van der Waals surface area contributed by atoms with Gasteiger partial charge in [0.2, 0.25) is 10.0 Å². The van der Waals surface area contributed by atoms with Gasteiger partial charge in [0, 0.05) is 12.6 Å². The van der Waals surface area contributed by atoms with Gasteiger partial charge in [0.15, 0.2) is 0 Å². The van der Waals surface area contributed by atoms with Crippen molar-refractivity contribution in [1.82, 2.24) is 4.31 Å². The van der Waals surface area contributed by atoms with E-state index in [1.54, 1.807) is 0 Å². The molecule has 1 aliphatic heterocycles. The van der Waals surface area contributed by atoms with E-state index in [1.165, 1.54) is 16.4 Å². The molecule has 0 aliphatic carbocycles. The lowest BCUT2D eigenvalue weighted by Crippen LogP contribution is -2.40. The van der Waals surface area contributed by atoms with E-state index >= 15 is 0 Å². The lowest BCUT2D eigenvalue weighted by molar-refractivity contribution is 0.276. The van der Waals surface area contributed by atoms with Gasteiger partial charge in [-0.15, -0.1) is 0 Å². The monoisotopic (exact) mass is 315 g/mol. The molecule has 0 aromatic heterocycles. The van der Waals surface area contributed by atoms with Crippen LogP contribution in [-0.2, 0) is 16.6 Å². The number of aliphatic hydroxyl groups excluding tert-OH is 1. The van der Waals surface area contributed by atoms with E-state index in [0.717, 1.165) is 38.2 Å². The topological polar surface area (TPSA) is 57.6 Å². The quantitative estimate of drug-likeness (QED) is 0.929. The Hall–Kier alpha value is -0.980. The van der Waals surface area contributed by atoms with Crippen LogP contribution in [0.1, 0.15) is 44.6 Å². The van der Waals surface area contributed by atoms with Crippen molar-refractivity contribution < 1.29 is 17.9 Å². The van der Waals surface area contributed by atoms with Crippen LogP contribution in [0.2, 0.25) is 0 Å². The minimum atomic E-state index is -3.78. The predicted octanol–water partition coefficient (Wildman–Crippen LogP) is 2.66. The third kappa shape index (κ3) is 3.44. The second-order valence-electron chi connectivity index (χ2n) is 5.44. The molecule has 1 aromatic carbocycles. The van der Waals surface area contributed by atoms with Crippen LogP contribution in [0.5, 0.6) is 0 Å². The van der Waals surface area contributed by atoms with Gasteiger partial charge in [0.1, 0.15) is 5.82 Å². The molecule has 0 amide bonds. The highest BCUT2D eigenvalue weighted by atomic mass is 32.2. The summed E-state index contributed by atoms with van der Waals surface area (Å²) < 4.78 is 40.7. The summed E-state index contributed by atoms with van der Waals surface area (Å²) in [6.07, 6.45) is 4.42. The Morgan fingerprint density at radius 3 is 2.76 bits per heavy atom. The summed E-state index contributed by atoms with van der Waals surface area (Å²) in [7, 11) is -3.78. The largest absolute Gasteiger partial charge is 0.392 e. The molecule has 0 bridgehead atoms. The zero-order valence-corrected chi connectivity index (χ0v) is 13.1. The van der Waals surface area contributed by atoms with Crippen molar-refractivity contribution in [2.75, 3.05) is 6.54 Å². The minimum Gasteiger partial charge on any atom is -0.392 e. The molecule has 6 heteroatoms. The molecule has 1 heterocycles. The van der Waals surface area contributed by atoms with Gasteiger partial charge in [-0.2, -0.15) is 4.31 Å². The number of hydrogen-bond acceptors (Lipinski definition) is 3. The molecule has 4 nitrogen and oxygen atoms in total. The maximum atomic E-state index is 13.5. The third-order valence-corrected chi connectivity index (χ3v) is 6.11. The van der Waals surface area contributed by atoms with Crippen LogP contribution in [0.15, 0.2) is 23.1 Å². The molecule has 118 valence electrons. The number of hydrogen-bond donors (Lipinski definition) is 1. The van der Waals surface area contributed by atoms with E-state index in [0.29, 0.717) is 6.54 Å². The fourth-order valence-electron chi connectivity index (χ4n) is 2.90. The molecule has 1 unspecified atom stereocenters. The van der Waals surface area contributed by atoms with Crippen molar-refractivity contribution >= 4 is 10.0 Å². The average Bonchev–Trinajstić information content (AvgIpc) is 2.72. The Labute approximate surface area is 125 Å². The van der Waals surface area contributed by atoms with E-state index in [2.05, 4.69) is 0 Å². The van der Waals surface area contributed by atoms with Gasteiger partial charge in [-0.25, -0.2) is 12.8 Å². The molecule has 2 rings (SSSR count). The third-order valence-electron chi connectivity index (χ3n) is 4.08. The summed E-state index contributed by atoms with van der Waals surface area (Å²) in [6, 6.07) is 3.47. The number of benzene rings is 1. The van der Waals surface area contributed by atoms with Crippen molar-refractivity contribution in [3.05, 3.63) is 29.6 Å². The first-order chi connectivity index (χ1) is 10.0. The summed E-state index contributed by atoms with van der Waals surface area (Å²) >= 11 is 0. The van der Waals surface area contributed by atoms with E-state index in [1.807, 2.05) is 6.92 Å². The Balaban J connectivity index is 2.46. The standard InChI is InChI=1S/C15H22FNO3S/c1-2-14-6-4-3-5-9-17(14)21(19,20)15-10-13(16)8-7-12(15)11-18/h7-8,10,14,18H,2-6,9,11H2,1H3. The molecule has 0 spiro atoms. The summed E-state index contributed by atoms with van der Waals surface area (Å²) in [4.78, 5) is -0.106. The minimum absolute atomic E-state index is 0.0488. The smallest absolute Gasteiger partial charge is 0.243 e. The van der Waals surface area contributed by atoms with Gasteiger partial charge < -0.3 is 5.11 Å². The number of sulfonamides is 1. The highest BCUT2D eigenvalue weighted by Gasteiger charge is 2.33. The Kier molecular flexibility index (Phi) is 5.35. The second kappa shape index (κ2) is 6.85. The van der Waals surface area contributed by atoms with E-state index in [-0.39, 0.29) is 16.5 Å². The number of nitrogens with zero attached hydrogens (tertiary/aromatic N) is 1. The van der Waals surface area contributed by atoms with Gasteiger partial charge in [-0.1, -0.05) is 25.8 Å². The zero-order chi connectivity index (χ0) is 15.5. The fourth-order valence-corrected chi connectivity index (χ4v) is 4.90. The van der Waals surface area contributed by atoms with Gasteiger partial charge in [-0.05, 0) is 37.0 Å². The van der Waals surface area contributed by atoms with Crippen LogP contribution < -0.4 is 0 Å². The Morgan fingerprint density at radius 2 is 2.10 bits per heavy atom. The van der Waals surface area contributed by atoms with Crippen LogP contribution in [0, 0.1) is 5.82 Å². The van der Waals surface area contributed by atoms with Gasteiger partial charge >= 0.3 is 0 Å². The number of aliphatic hydroxyl groups is 1. The fraction of sp³-hybridized carbons (Fsp3) is 0.600. The Morgan fingerprint density at radius 1 is 1.33 bits per heavy atom. The summed E-state index contributed by atoms with van der Waals surface area (Å²) in [5.74, 6) is -0.603. The highest BCUT2D eigenvalue weighted by Crippen LogP contribution is 2.28. The molecule has 0 radical (unpaired) electrons. The molecule has 1 aliphatic rings. The van der Waals surface area contributed by atoms with Gasteiger partial charge in [0.05, 0.1) is 11.5 Å². The average molecular weight is 315 g/mol. The molecule has 0 saturated carbocycles. The maximum absolute atomic E-state index is 13.5. The summed E-state index contributed by atoms with van der Waals surface area (Å²) in [6.45, 7) is 2.01. The molecule has 21 heavy (non-hydrogen) atoms. The molecular formula is C15H22FNO3S. The molecule has 1 fully saturated rings. The van der Waals surface area contributed by atoms with Crippen LogP contribution in [0.3, 0.4) is 0 Å². The van der Waals surface area contributed by atoms with Crippen LogP contribution in [0.25, 0.3) is 0 Å². The van der Waals surface area contributed by atoms with Crippen molar-refractivity contribution in [2.24, 2.45) is 0 Å². The maximum Gasteiger partial charge on any atom is 0.243 e. The van der Waals surface area contributed by atoms with Crippen LogP contribution >= 0.6 is 0 Å². The zero-order valence-electron chi connectivity index (χ0n) is 12.3. The number of rotatable bonds is 4. The second-order valence-corrected chi connectivity index (χ2v) is 7.30. The summed E-state index contributed by atoms with van der Waals surface area (Å²) in [5.41, 5.74) is 0.246. The first-order valence-electron chi connectivity index (χ1n) is 7.41. The number of halogens is 1. The van der Waals surface area contributed by atoms with Crippen molar-refractivity contribution in [3.8, 4) is 0 Å². The molecule has 1 atom stereocenters. The van der Waals surface area contributed by atoms with E-state index in [4.69, 9.17) is 0 Å². The molecule has 1 aromatic rings. The predicted molar refractivity (Wildman–Crippen MR) is 78.8 cm³/mol. The lowest BCUT2D eigenvalue weighted by atomic mass is 10.1. The lowest BCUT2D eigenvalue weighted by Gasteiger charge is -2.29. The molecule has 1 N–H and O–H groups in total. The summed E-state index contributed by atoms with van der Waals surface area (Å²) in [5, 5.41) is 9.34. The van der Waals surface area contributed by atoms with Crippen molar-refractivity contribution in [3.63, 3.8) is 0 Å².